The van der Waals surface area contributed by atoms with Gasteiger partial charge in [0.05, 0.1) is 6.10 Å². The lowest BCUT2D eigenvalue weighted by molar-refractivity contribution is -0.0340. The number of hydrogen-bond acceptors (Lipinski definition) is 1. The van der Waals surface area contributed by atoms with Gasteiger partial charge in [0.2, 0.25) is 0 Å². The van der Waals surface area contributed by atoms with Gasteiger partial charge in [-0.25, -0.2) is 0 Å². The molecule has 2 aliphatic rings. The topological polar surface area (TPSA) is 20.2 Å². The largest absolute Gasteiger partial charge is 0.392 e. The number of aliphatic hydroxyl groups is 1. The van der Waals surface area contributed by atoms with Gasteiger partial charge in [0.1, 0.15) is 0 Å². The van der Waals surface area contributed by atoms with Gasteiger partial charge < -0.3 is 5.11 Å². The van der Waals surface area contributed by atoms with Crippen LogP contribution in [0.15, 0.2) is 0 Å². The Morgan fingerprint density at radius 3 is 2.18 bits per heavy atom. The smallest absolute Gasteiger partial charge is 0.0647 e. The maximum Gasteiger partial charge on any atom is 0.0647 e. The van der Waals surface area contributed by atoms with E-state index in [0.29, 0.717) is 0 Å². The van der Waals surface area contributed by atoms with Crippen molar-refractivity contribution in [2.45, 2.75) is 46.1 Å². The molecular formula is C10H18O. The zero-order chi connectivity index (χ0) is 8.28. The Balaban J connectivity index is 2.34. The van der Waals surface area contributed by atoms with Gasteiger partial charge in [-0.1, -0.05) is 20.8 Å². The van der Waals surface area contributed by atoms with Gasteiger partial charge in [0.25, 0.3) is 0 Å². The Kier molecular flexibility index (Phi) is 1.26. The summed E-state index contributed by atoms with van der Waals surface area (Å²) in [6, 6.07) is 0. The summed E-state index contributed by atoms with van der Waals surface area (Å²) in [5.41, 5.74) is 0.446. The summed E-state index contributed by atoms with van der Waals surface area (Å²) in [5, 5.41) is 10.0. The van der Waals surface area contributed by atoms with E-state index in [9.17, 15) is 5.11 Å². The average Bonchev–Trinajstić information content (AvgIpc) is 2.36. The van der Waals surface area contributed by atoms with Crippen LogP contribution in [0.2, 0.25) is 0 Å². The first-order chi connectivity index (χ1) is 4.97. The van der Waals surface area contributed by atoms with Crippen LogP contribution in [0, 0.1) is 16.7 Å². The van der Waals surface area contributed by atoms with E-state index in [0.717, 1.165) is 5.92 Å². The molecule has 1 heteroatoms. The molecule has 0 aromatic carbocycles. The van der Waals surface area contributed by atoms with Crippen LogP contribution in [-0.4, -0.2) is 11.2 Å². The quantitative estimate of drug-likeness (QED) is 0.567. The second-order valence-corrected chi connectivity index (χ2v) is 5.32. The van der Waals surface area contributed by atoms with Gasteiger partial charge in [-0.2, -0.15) is 0 Å². The number of aliphatic hydroxyl groups excluding tert-OH is 1. The van der Waals surface area contributed by atoms with E-state index < -0.39 is 0 Å². The summed E-state index contributed by atoms with van der Waals surface area (Å²) in [7, 11) is 0. The second kappa shape index (κ2) is 1.82. The van der Waals surface area contributed by atoms with Crippen molar-refractivity contribution in [2.75, 3.05) is 0 Å². The van der Waals surface area contributed by atoms with E-state index in [1.807, 2.05) is 0 Å². The maximum absolute atomic E-state index is 10.0. The van der Waals surface area contributed by atoms with Crippen LogP contribution >= 0.6 is 0 Å². The molecule has 0 aromatic rings. The van der Waals surface area contributed by atoms with Gasteiger partial charge in [-0.05, 0) is 36.0 Å². The molecule has 1 N–H and O–H groups in total. The van der Waals surface area contributed by atoms with Crippen molar-refractivity contribution in [1.82, 2.24) is 0 Å². The molecule has 2 fully saturated rings. The molecule has 0 heterocycles. The van der Waals surface area contributed by atoms with Crippen LogP contribution in [0.25, 0.3) is 0 Å². The zero-order valence-corrected chi connectivity index (χ0v) is 7.72. The maximum atomic E-state index is 10.0. The van der Waals surface area contributed by atoms with Gasteiger partial charge in [-0.15, -0.1) is 0 Å². The summed E-state index contributed by atoms with van der Waals surface area (Å²) in [6.07, 6.45) is 3.76. The van der Waals surface area contributed by atoms with E-state index in [-0.39, 0.29) is 16.9 Å². The lowest BCUT2D eigenvalue weighted by atomic mass is 9.70. The van der Waals surface area contributed by atoms with Gasteiger partial charge >= 0.3 is 0 Å². The molecular weight excluding hydrogens is 136 g/mol. The lowest BCUT2D eigenvalue weighted by Crippen LogP contribution is -2.39. The molecule has 3 atom stereocenters. The third-order valence-electron chi connectivity index (χ3n) is 4.19. The fraction of sp³-hybridized carbons (Fsp3) is 1.00. The summed E-state index contributed by atoms with van der Waals surface area (Å²) in [4.78, 5) is 0. The van der Waals surface area contributed by atoms with Crippen molar-refractivity contribution in [3.63, 3.8) is 0 Å². The first-order valence-electron chi connectivity index (χ1n) is 4.65. The van der Waals surface area contributed by atoms with E-state index in [1.165, 1.54) is 19.3 Å². The van der Waals surface area contributed by atoms with E-state index in [4.69, 9.17) is 0 Å². The molecule has 0 aromatic heterocycles. The van der Waals surface area contributed by atoms with Crippen LogP contribution in [0.4, 0.5) is 0 Å². The average molecular weight is 154 g/mol. The molecule has 0 spiro atoms. The Morgan fingerprint density at radius 2 is 1.91 bits per heavy atom. The number of hydrogen-bond donors (Lipinski definition) is 1. The molecule has 1 nitrogen and oxygen atoms in total. The highest BCUT2D eigenvalue weighted by Gasteiger charge is 2.58. The second-order valence-electron chi connectivity index (χ2n) is 5.32. The summed E-state index contributed by atoms with van der Waals surface area (Å²) < 4.78 is 0. The highest BCUT2D eigenvalue weighted by molar-refractivity contribution is 5.08. The minimum atomic E-state index is -0.0613. The molecule has 0 saturated heterocycles. The van der Waals surface area contributed by atoms with E-state index in [1.54, 1.807) is 0 Å². The molecule has 2 bridgehead atoms. The zero-order valence-electron chi connectivity index (χ0n) is 7.72. The summed E-state index contributed by atoms with van der Waals surface area (Å²) in [6.45, 7) is 6.67. The van der Waals surface area contributed by atoms with Crippen LogP contribution in [0.5, 0.6) is 0 Å². The highest BCUT2D eigenvalue weighted by Crippen LogP contribution is 2.62. The fourth-order valence-corrected chi connectivity index (χ4v) is 3.28. The molecule has 2 saturated carbocycles. The van der Waals surface area contributed by atoms with E-state index in [2.05, 4.69) is 20.8 Å². The van der Waals surface area contributed by atoms with Crippen molar-refractivity contribution >= 4 is 0 Å². The number of rotatable bonds is 0. The van der Waals surface area contributed by atoms with Crippen LogP contribution in [0.3, 0.4) is 0 Å². The first kappa shape index (κ1) is 7.60. The van der Waals surface area contributed by atoms with Gasteiger partial charge in [-0.3, -0.25) is 0 Å². The van der Waals surface area contributed by atoms with Crippen LogP contribution < -0.4 is 0 Å². The monoisotopic (exact) mass is 154 g/mol. The first-order valence-corrected chi connectivity index (χ1v) is 4.65. The predicted octanol–water partition coefficient (Wildman–Crippen LogP) is 2.19. The molecule has 64 valence electrons. The van der Waals surface area contributed by atoms with Gasteiger partial charge in [0.15, 0.2) is 0 Å². The van der Waals surface area contributed by atoms with Crippen molar-refractivity contribution in [2.24, 2.45) is 16.7 Å². The molecule has 2 rings (SSSR count). The number of fused-ring (bicyclic) bond motifs is 2. The third-order valence-corrected chi connectivity index (χ3v) is 4.19. The molecule has 0 aliphatic heterocycles. The van der Waals surface area contributed by atoms with Crippen LogP contribution in [-0.2, 0) is 0 Å². The molecule has 0 unspecified atom stereocenters. The molecule has 0 amide bonds. The van der Waals surface area contributed by atoms with E-state index >= 15 is 0 Å². The minimum Gasteiger partial charge on any atom is -0.392 e. The highest BCUT2D eigenvalue weighted by atomic mass is 16.3. The fourth-order valence-electron chi connectivity index (χ4n) is 3.28. The summed E-state index contributed by atoms with van der Waals surface area (Å²) in [5.74, 6) is 0.780. The SMILES string of the molecule is CC1(C)[C@@H]2CC[C@](C)(C2)[C@@H]1O. The van der Waals surface area contributed by atoms with Crippen molar-refractivity contribution in [1.29, 1.82) is 0 Å². The van der Waals surface area contributed by atoms with Crippen LogP contribution in [0.1, 0.15) is 40.0 Å². The normalized spacial score (nSPS) is 53.5. The molecule has 0 radical (unpaired) electrons. The Morgan fingerprint density at radius 1 is 1.27 bits per heavy atom. The minimum absolute atomic E-state index is 0.0613. The third kappa shape index (κ3) is 0.752. The van der Waals surface area contributed by atoms with Crippen molar-refractivity contribution in [3.05, 3.63) is 0 Å². The Hall–Kier alpha value is -0.0400. The summed E-state index contributed by atoms with van der Waals surface area (Å²) >= 11 is 0. The van der Waals surface area contributed by atoms with Gasteiger partial charge in [0, 0.05) is 0 Å². The van der Waals surface area contributed by atoms with Crippen molar-refractivity contribution in [3.8, 4) is 0 Å². The molecule has 11 heavy (non-hydrogen) atoms. The van der Waals surface area contributed by atoms with Crippen molar-refractivity contribution < 1.29 is 5.11 Å². The predicted molar refractivity (Wildman–Crippen MR) is 45.2 cm³/mol. The lowest BCUT2D eigenvalue weighted by Gasteiger charge is -2.38. The Bertz CT molecular complexity index is 181. The Labute approximate surface area is 68.8 Å². The standard InChI is InChI=1S/C10H18O/c1-9(2)7-4-5-10(3,6-7)8(9)11/h7-8,11H,4-6H2,1-3H3/t7-,8-,10-/m1/s1. The molecule has 2 aliphatic carbocycles.